The molecule has 0 aromatic heterocycles. The minimum Gasteiger partial charge on any atom is -0.493 e. The Labute approximate surface area is 196 Å². The molecule has 7 nitrogen and oxygen atoms in total. The molecule has 0 heterocycles. The van der Waals surface area contributed by atoms with E-state index in [0.717, 1.165) is 22.4 Å². The molecule has 0 amide bonds. The number of benzene rings is 2. The summed E-state index contributed by atoms with van der Waals surface area (Å²) >= 11 is 0. The Morgan fingerprint density at radius 3 is 2.00 bits per heavy atom. The maximum absolute atomic E-state index is 5.92. The van der Waals surface area contributed by atoms with Gasteiger partial charge in [0.05, 0.1) is 27.9 Å². The van der Waals surface area contributed by atoms with Gasteiger partial charge in [-0.15, -0.1) is 24.0 Å². The van der Waals surface area contributed by atoms with Gasteiger partial charge in [0.15, 0.2) is 17.5 Å². The third-order valence-corrected chi connectivity index (χ3v) is 4.46. The standard InChI is InChI=1S/C22H31N3O4.HI/c1-15-8-7-9-16(2)20(15)29-11-10-24-22(23-3)25-14-17-12-18(26-4)21(28-6)19(13-17)27-5;/h7-9,12-13H,10-11,14H2,1-6H3,(H2,23,24,25);1H. The lowest BCUT2D eigenvalue weighted by atomic mass is 10.1. The fourth-order valence-corrected chi connectivity index (χ4v) is 2.99. The molecule has 0 aliphatic carbocycles. The first-order valence-electron chi connectivity index (χ1n) is 9.46. The second-order valence-electron chi connectivity index (χ2n) is 6.46. The Bertz CT molecular complexity index is 798. The number of guanidine groups is 1. The summed E-state index contributed by atoms with van der Waals surface area (Å²) in [5.41, 5.74) is 3.25. The van der Waals surface area contributed by atoms with E-state index in [1.807, 2.05) is 44.2 Å². The molecule has 0 atom stereocenters. The molecular weight excluding hydrogens is 497 g/mol. The van der Waals surface area contributed by atoms with Crippen LogP contribution in [0.5, 0.6) is 23.0 Å². The van der Waals surface area contributed by atoms with E-state index in [2.05, 4.69) is 15.6 Å². The van der Waals surface area contributed by atoms with Gasteiger partial charge in [0.2, 0.25) is 5.75 Å². The monoisotopic (exact) mass is 529 g/mol. The van der Waals surface area contributed by atoms with Gasteiger partial charge in [-0.2, -0.15) is 0 Å². The van der Waals surface area contributed by atoms with Crippen LogP contribution in [0, 0.1) is 13.8 Å². The highest BCUT2D eigenvalue weighted by molar-refractivity contribution is 14.0. The van der Waals surface area contributed by atoms with Crippen LogP contribution in [0.1, 0.15) is 16.7 Å². The highest BCUT2D eigenvalue weighted by atomic mass is 127. The van der Waals surface area contributed by atoms with Gasteiger partial charge in [-0.1, -0.05) is 18.2 Å². The van der Waals surface area contributed by atoms with E-state index in [4.69, 9.17) is 18.9 Å². The number of para-hydroxylation sites is 1. The third-order valence-electron chi connectivity index (χ3n) is 4.46. The maximum Gasteiger partial charge on any atom is 0.203 e. The number of aliphatic imine (C=N–C) groups is 1. The number of halogens is 1. The van der Waals surface area contributed by atoms with Gasteiger partial charge in [0, 0.05) is 13.6 Å². The number of aryl methyl sites for hydroxylation is 2. The van der Waals surface area contributed by atoms with Crippen LogP contribution in [0.15, 0.2) is 35.3 Å². The largest absolute Gasteiger partial charge is 0.493 e. The molecule has 8 heteroatoms. The normalized spacial score (nSPS) is 10.7. The van der Waals surface area contributed by atoms with E-state index in [0.29, 0.717) is 42.9 Å². The summed E-state index contributed by atoms with van der Waals surface area (Å²) in [5, 5.41) is 6.53. The zero-order valence-electron chi connectivity index (χ0n) is 18.5. The first-order chi connectivity index (χ1) is 14.0. The van der Waals surface area contributed by atoms with E-state index in [9.17, 15) is 0 Å². The number of ether oxygens (including phenoxy) is 4. The first-order valence-corrected chi connectivity index (χ1v) is 9.46. The van der Waals surface area contributed by atoms with Gasteiger partial charge in [-0.05, 0) is 42.7 Å². The molecule has 0 spiro atoms. The number of methoxy groups -OCH3 is 3. The number of hydrogen-bond donors (Lipinski definition) is 2. The summed E-state index contributed by atoms with van der Waals surface area (Å²) < 4.78 is 22.1. The van der Waals surface area contributed by atoms with Gasteiger partial charge in [-0.3, -0.25) is 4.99 Å². The summed E-state index contributed by atoms with van der Waals surface area (Å²) in [6, 6.07) is 9.95. The molecule has 0 fully saturated rings. The minimum atomic E-state index is 0. The lowest BCUT2D eigenvalue weighted by Crippen LogP contribution is -2.38. The lowest BCUT2D eigenvalue weighted by Gasteiger charge is -2.16. The minimum absolute atomic E-state index is 0. The molecule has 0 bridgehead atoms. The Kier molecular flexibility index (Phi) is 11.2. The molecule has 0 radical (unpaired) electrons. The smallest absolute Gasteiger partial charge is 0.203 e. The second-order valence-corrected chi connectivity index (χ2v) is 6.46. The molecule has 0 saturated carbocycles. The van der Waals surface area contributed by atoms with Crippen molar-refractivity contribution in [2.24, 2.45) is 4.99 Å². The van der Waals surface area contributed by atoms with Crippen molar-refractivity contribution >= 4 is 29.9 Å². The average Bonchev–Trinajstić information content (AvgIpc) is 2.73. The Morgan fingerprint density at radius 1 is 0.900 bits per heavy atom. The van der Waals surface area contributed by atoms with Crippen LogP contribution in [0.2, 0.25) is 0 Å². The third kappa shape index (κ3) is 6.86. The molecule has 2 aromatic carbocycles. The Balaban J connectivity index is 0.00000450. The molecule has 0 aliphatic rings. The van der Waals surface area contributed by atoms with E-state index in [1.165, 1.54) is 0 Å². The molecule has 166 valence electrons. The van der Waals surface area contributed by atoms with Crippen LogP contribution < -0.4 is 29.6 Å². The van der Waals surface area contributed by atoms with Crippen LogP contribution in [-0.2, 0) is 6.54 Å². The molecule has 30 heavy (non-hydrogen) atoms. The molecule has 2 N–H and O–H groups in total. The van der Waals surface area contributed by atoms with Gasteiger partial charge < -0.3 is 29.6 Å². The fraction of sp³-hybridized carbons (Fsp3) is 0.409. The number of rotatable bonds is 9. The van der Waals surface area contributed by atoms with Crippen LogP contribution in [0.3, 0.4) is 0 Å². The maximum atomic E-state index is 5.92. The summed E-state index contributed by atoms with van der Waals surface area (Å²) in [5.74, 6) is 3.44. The van der Waals surface area contributed by atoms with Crippen molar-refractivity contribution in [3.8, 4) is 23.0 Å². The molecule has 0 saturated heterocycles. The van der Waals surface area contributed by atoms with Crippen molar-refractivity contribution in [2.45, 2.75) is 20.4 Å². The van der Waals surface area contributed by atoms with Crippen LogP contribution >= 0.6 is 24.0 Å². The van der Waals surface area contributed by atoms with Crippen molar-refractivity contribution < 1.29 is 18.9 Å². The van der Waals surface area contributed by atoms with E-state index in [-0.39, 0.29) is 24.0 Å². The number of nitrogens with one attached hydrogen (secondary N) is 2. The van der Waals surface area contributed by atoms with Gasteiger partial charge in [0.25, 0.3) is 0 Å². The molecule has 2 aromatic rings. The summed E-state index contributed by atoms with van der Waals surface area (Å²) in [4.78, 5) is 4.25. The van der Waals surface area contributed by atoms with Crippen molar-refractivity contribution in [1.29, 1.82) is 0 Å². The summed E-state index contributed by atoms with van der Waals surface area (Å²) in [7, 11) is 6.53. The zero-order valence-corrected chi connectivity index (χ0v) is 20.8. The van der Waals surface area contributed by atoms with E-state index < -0.39 is 0 Å². The Hall–Kier alpha value is -2.36. The first kappa shape index (κ1) is 25.7. The van der Waals surface area contributed by atoms with Crippen molar-refractivity contribution in [3.05, 3.63) is 47.0 Å². The molecular formula is C22H32IN3O4. The van der Waals surface area contributed by atoms with Crippen LogP contribution in [0.4, 0.5) is 0 Å². The topological polar surface area (TPSA) is 73.3 Å². The number of hydrogen-bond acceptors (Lipinski definition) is 5. The van der Waals surface area contributed by atoms with E-state index >= 15 is 0 Å². The van der Waals surface area contributed by atoms with Gasteiger partial charge in [0.1, 0.15) is 12.4 Å². The predicted molar refractivity (Wildman–Crippen MR) is 131 cm³/mol. The van der Waals surface area contributed by atoms with Gasteiger partial charge >= 0.3 is 0 Å². The van der Waals surface area contributed by atoms with Crippen LogP contribution in [-0.4, -0.2) is 47.5 Å². The van der Waals surface area contributed by atoms with E-state index in [1.54, 1.807) is 28.4 Å². The van der Waals surface area contributed by atoms with Crippen molar-refractivity contribution in [2.75, 3.05) is 41.5 Å². The molecule has 0 aliphatic heterocycles. The number of nitrogens with zero attached hydrogens (tertiary/aromatic N) is 1. The highest BCUT2D eigenvalue weighted by Crippen LogP contribution is 2.38. The zero-order chi connectivity index (χ0) is 21.2. The summed E-state index contributed by atoms with van der Waals surface area (Å²) in [6.45, 7) is 5.81. The average molecular weight is 529 g/mol. The highest BCUT2D eigenvalue weighted by Gasteiger charge is 2.13. The molecule has 0 unspecified atom stereocenters. The SMILES string of the molecule is CN=C(NCCOc1c(C)cccc1C)NCc1cc(OC)c(OC)c(OC)c1.I. The van der Waals surface area contributed by atoms with Crippen molar-refractivity contribution in [3.63, 3.8) is 0 Å². The molecule has 2 rings (SSSR count). The lowest BCUT2D eigenvalue weighted by molar-refractivity contribution is 0.317. The predicted octanol–water partition coefficient (Wildman–Crippen LogP) is 3.69. The van der Waals surface area contributed by atoms with Gasteiger partial charge in [-0.25, -0.2) is 0 Å². The fourth-order valence-electron chi connectivity index (χ4n) is 2.99. The quantitative estimate of drug-likeness (QED) is 0.224. The van der Waals surface area contributed by atoms with Crippen molar-refractivity contribution in [1.82, 2.24) is 10.6 Å². The summed E-state index contributed by atoms with van der Waals surface area (Å²) in [6.07, 6.45) is 0. The second kappa shape index (κ2) is 13.0. The Morgan fingerprint density at radius 2 is 1.50 bits per heavy atom. The van der Waals surface area contributed by atoms with Crippen LogP contribution in [0.25, 0.3) is 0 Å².